The van der Waals surface area contributed by atoms with Crippen LogP contribution in [-0.4, -0.2) is 35.3 Å². The van der Waals surface area contributed by atoms with Crippen LogP contribution in [0.25, 0.3) is 0 Å². The van der Waals surface area contributed by atoms with Crippen molar-refractivity contribution in [2.24, 2.45) is 4.99 Å². The Labute approximate surface area is 78.4 Å². The highest BCUT2D eigenvalue weighted by molar-refractivity contribution is 5.61. The third-order valence-electron chi connectivity index (χ3n) is 1.54. The normalized spacial score (nSPS) is 10.7. The molecule has 0 N–H and O–H groups in total. The lowest BCUT2D eigenvalue weighted by Gasteiger charge is -2.03. The molecule has 0 aromatic carbocycles. The first-order chi connectivity index (χ1) is 6.24. The largest absolute Gasteiger partial charge is 0.369 e. The fourth-order valence-electron chi connectivity index (χ4n) is 0.906. The Kier molecular flexibility index (Phi) is 3.37. The SMILES string of the molecule is CCc1ncncc1/N=C\N(C)C. The van der Waals surface area contributed by atoms with E-state index in [0.717, 1.165) is 17.8 Å². The van der Waals surface area contributed by atoms with Crippen molar-refractivity contribution >= 4 is 12.0 Å². The summed E-state index contributed by atoms with van der Waals surface area (Å²) < 4.78 is 0. The molecule has 4 nitrogen and oxygen atoms in total. The quantitative estimate of drug-likeness (QED) is 0.517. The Morgan fingerprint density at radius 2 is 2.31 bits per heavy atom. The Hall–Kier alpha value is -1.45. The van der Waals surface area contributed by atoms with Crippen LogP contribution in [0.2, 0.25) is 0 Å². The molecule has 1 heterocycles. The summed E-state index contributed by atoms with van der Waals surface area (Å²) >= 11 is 0. The predicted molar refractivity (Wildman–Crippen MR) is 53.2 cm³/mol. The van der Waals surface area contributed by atoms with Crippen molar-refractivity contribution in [1.29, 1.82) is 0 Å². The molecule has 0 fully saturated rings. The molecule has 0 atom stereocenters. The van der Waals surface area contributed by atoms with Crippen LogP contribution in [0.3, 0.4) is 0 Å². The highest BCUT2D eigenvalue weighted by Gasteiger charge is 1.98. The fraction of sp³-hybridized carbons (Fsp3) is 0.444. The van der Waals surface area contributed by atoms with Gasteiger partial charge in [0.2, 0.25) is 0 Å². The molecule has 0 saturated carbocycles. The highest BCUT2D eigenvalue weighted by Crippen LogP contribution is 2.13. The van der Waals surface area contributed by atoms with Gasteiger partial charge in [0.25, 0.3) is 0 Å². The molecule has 0 bridgehead atoms. The first kappa shape index (κ1) is 9.64. The molecule has 70 valence electrons. The molecule has 4 heteroatoms. The number of aryl methyl sites for hydroxylation is 1. The summed E-state index contributed by atoms with van der Waals surface area (Å²) in [5, 5.41) is 0. The molecule has 0 aliphatic carbocycles. The van der Waals surface area contributed by atoms with Crippen molar-refractivity contribution in [3.63, 3.8) is 0 Å². The summed E-state index contributed by atoms with van der Waals surface area (Å²) in [5.41, 5.74) is 1.83. The van der Waals surface area contributed by atoms with Gasteiger partial charge < -0.3 is 4.90 Å². The molecule has 1 aromatic heterocycles. The minimum atomic E-state index is 0.846. The van der Waals surface area contributed by atoms with E-state index in [1.165, 1.54) is 0 Å². The average Bonchev–Trinajstić information content (AvgIpc) is 2.15. The molecule has 0 aliphatic heterocycles. The number of nitrogens with zero attached hydrogens (tertiary/aromatic N) is 4. The monoisotopic (exact) mass is 178 g/mol. The number of rotatable bonds is 3. The smallest absolute Gasteiger partial charge is 0.115 e. The van der Waals surface area contributed by atoms with E-state index in [9.17, 15) is 0 Å². The van der Waals surface area contributed by atoms with Gasteiger partial charge in [0.15, 0.2) is 0 Å². The van der Waals surface area contributed by atoms with Gasteiger partial charge in [-0.05, 0) is 6.42 Å². The molecule has 0 saturated heterocycles. The van der Waals surface area contributed by atoms with Gasteiger partial charge in [-0.25, -0.2) is 15.0 Å². The van der Waals surface area contributed by atoms with Crippen LogP contribution >= 0.6 is 0 Å². The third kappa shape index (κ3) is 2.82. The van der Waals surface area contributed by atoms with E-state index in [-0.39, 0.29) is 0 Å². The molecule has 0 aliphatic rings. The predicted octanol–water partition coefficient (Wildman–Crippen LogP) is 1.26. The van der Waals surface area contributed by atoms with Crippen molar-refractivity contribution in [3.8, 4) is 0 Å². The summed E-state index contributed by atoms with van der Waals surface area (Å²) in [4.78, 5) is 14.2. The van der Waals surface area contributed by atoms with Crippen molar-refractivity contribution in [2.45, 2.75) is 13.3 Å². The van der Waals surface area contributed by atoms with Gasteiger partial charge in [-0.1, -0.05) is 6.92 Å². The zero-order valence-corrected chi connectivity index (χ0v) is 8.23. The third-order valence-corrected chi connectivity index (χ3v) is 1.54. The number of aromatic nitrogens is 2. The maximum Gasteiger partial charge on any atom is 0.115 e. The molecule has 0 spiro atoms. The van der Waals surface area contributed by atoms with E-state index in [4.69, 9.17) is 0 Å². The first-order valence-corrected chi connectivity index (χ1v) is 4.23. The lowest BCUT2D eigenvalue weighted by atomic mass is 10.3. The Bertz CT molecular complexity index is 293. The van der Waals surface area contributed by atoms with Crippen LogP contribution in [0.4, 0.5) is 5.69 Å². The summed E-state index contributed by atoms with van der Waals surface area (Å²) in [6, 6.07) is 0. The van der Waals surface area contributed by atoms with Crippen LogP contribution in [0.5, 0.6) is 0 Å². The van der Waals surface area contributed by atoms with Gasteiger partial charge in [-0.3, -0.25) is 0 Å². The number of hydrogen-bond acceptors (Lipinski definition) is 3. The maximum atomic E-state index is 4.25. The Morgan fingerprint density at radius 1 is 1.54 bits per heavy atom. The van der Waals surface area contributed by atoms with Crippen LogP contribution in [0.1, 0.15) is 12.6 Å². The summed E-state index contributed by atoms with van der Waals surface area (Å²) in [6.07, 6.45) is 5.90. The van der Waals surface area contributed by atoms with E-state index in [1.54, 1.807) is 18.9 Å². The standard InChI is InChI=1S/C9H14N4/c1-4-8-9(5-10-6-11-8)12-7-13(2)3/h5-7H,4H2,1-3H3/b12-7-. The van der Waals surface area contributed by atoms with Crippen LogP contribution in [0, 0.1) is 0 Å². The van der Waals surface area contributed by atoms with Crippen molar-refractivity contribution < 1.29 is 0 Å². The molecule has 1 aromatic rings. The molecule has 1 rings (SSSR count). The van der Waals surface area contributed by atoms with Crippen LogP contribution in [-0.2, 0) is 6.42 Å². The van der Waals surface area contributed by atoms with Gasteiger partial charge >= 0.3 is 0 Å². The lowest BCUT2D eigenvalue weighted by molar-refractivity contribution is 0.643. The van der Waals surface area contributed by atoms with E-state index < -0.39 is 0 Å². The van der Waals surface area contributed by atoms with Gasteiger partial charge in [-0.15, -0.1) is 0 Å². The van der Waals surface area contributed by atoms with Gasteiger partial charge in [0.1, 0.15) is 12.0 Å². The fourth-order valence-corrected chi connectivity index (χ4v) is 0.906. The Morgan fingerprint density at radius 3 is 2.92 bits per heavy atom. The van der Waals surface area contributed by atoms with Gasteiger partial charge in [0.05, 0.1) is 18.2 Å². The second-order valence-corrected chi connectivity index (χ2v) is 2.92. The van der Waals surface area contributed by atoms with Crippen molar-refractivity contribution in [3.05, 3.63) is 18.2 Å². The molecule has 13 heavy (non-hydrogen) atoms. The molecule has 0 radical (unpaired) electrons. The molecular weight excluding hydrogens is 164 g/mol. The van der Waals surface area contributed by atoms with Gasteiger partial charge in [-0.2, -0.15) is 0 Å². The van der Waals surface area contributed by atoms with Crippen LogP contribution < -0.4 is 0 Å². The van der Waals surface area contributed by atoms with E-state index in [1.807, 2.05) is 19.0 Å². The summed E-state index contributed by atoms with van der Waals surface area (Å²) in [5.74, 6) is 0. The lowest BCUT2D eigenvalue weighted by Crippen LogP contribution is -2.07. The number of aliphatic imine (C=N–C) groups is 1. The van der Waals surface area contributed by atoms with Crippen LogP contribution in [0.15, 0.2) is 17.5 Å². The zero-order valence-electron chi connectivity index (χ0n) is 8.23. The maximum absolute atomic E-state index is 4.25. The Balaban J connectivity index is 2.87. The first-order valence-electron chi connectivity index (χ1n) is 4.23. The second-order valence-electron chi connectivity index (χ2n) is 2.92. The molecule has 0 unspecified atom stereocenters. The minimum absolute atomic E-state index is 0.846. The highest BCUT2D eigenvalue weighted by atomic mass is 15.1. The molecular formula is C9H14N4. The van der Waals surface area contributed by atoms with E-state index >= 15 is 0 Å². The number of hydrogen-bond donors (Lipinski definition) is 0. The van der Waals surface area contributed by atoms with E-state index in [0.29, 0.717) is 0 Å². The minimum Gasteiger partial charge on any atom is -0.369 e. The zero-order chi connectivity index (χ0) is 9.68. The van der Waals surface area contributed by atoms with Crippen molar-refractivity contribution in [1.82, 2.24) is 14.9 Å². The second kappa shape index (κ2) is 4.54. The van der Waals surface area contributed by atoms with Crippen molar-refractivity contribution in [2.75, 3.05) is 14.1 Å². The van der Waals surface area contributed by atoms with E-state index in [2.05, 4.69) is 21.9 Å². The summed E-state index contributed by atoms with van der Waals surface area (Å²) in [6.45, 7) is 2.05. The molecule has 0 amide bonds. The van der Waals surface area contributed by atoms with Gasteiger partial charge in [0, 0.05) is 14.1 Å². The summed E-state index contributed by atoms with van der Waals surface area (Å²) in [7, 11) is 3.86. The average molecular weight is 178 g/mol. The topological polar surface area (TPSA) is 41.4 Å².